The lowest BCUT2D eigenvalue weighted by atomic mass is 10.1. The number of halogens is 3. The normalized spacial score (nSPS) is 10.1. The zero-order valence-corrected chi connectivity index (χ0v) is 10.4. The Morgan fingerprint density at radius 3 is 2.85 bits per heavy atom. The van der Waals surface area contributed by atoms with Crippen molar-refractivity contribution >= 4 is 44.3 Å². The average molecular weight is 357 g/mol. The molecule has 0 radical (unpaired) electrons. The molecule has 0 atom stereocenters. The molecule has 4 heteroatoms. The van der Waals surface area contributed by atoms with Crippen LogP contribution in [0.2, 0.25) is 0 Å². The van der Waals surface area contributed by atoms with Crippen LogP contribution in [-0.4, -0.2) is 11.1 Å². The van der Waals surface area contributed by atoms with Crippen molar-refractivity contribution < 1.29 is 9.18 Å². The number of carbonyl (C=O) groups is 1. The van der Waals surface area contributed by atoms with Gasteiger partial charge in [-0.25, -0.2) is 4.39 Å². The quantitative estimate of drug-likeness (QED) is 0.461. The van der Waals surface area contributed by atoms with E-state index in [-0.39, 0.29) is 11.3 Å². The lowest BCUT2D eigenvalue weighted by Crippen LogP contribution is -2.03. The number of hydrogen-bond donors (Lipinski definition) is 0. The van der Waals surface area contributed by atoms with Gasteiger partial charge in [-0.05, 0) is 34.7 Å². The largest absolute Gasteiger partial charge is 0.294 e. The number of benzene rings is 1. The van der Waals surface area contributed by atoms with Crippen molar-refractivity contribution in [1.29, 1.82) is 0 Å². The Bertz CT molecular complexity index is 327. The van der Waals surface area contributed by atoms with Gasteiger partial charge in [-0.3, -0.25) is 4.79 Å². The molecule has 0 aromatic heterocycles. The summed E-state index contributed by atoms with van der Waals surface area (Å²) in [6.45, 7) is 0. The lowest BCUT2D eigenvalue weighted by Gasteiger charge is -2.01. The molecule has 0 aliphatic heterocycles. The van der Waals surface area contributed by atoms with Crippen molar-refractivity contribution in [2.24, 2.45) is 0 Å². The molecule has 0 heterocycles. The van der Waals surface area contributed by atoms with Crippen LogP contribution in [0.5, 0.6) is 0 Å². The molecule has 0 saturated heterocycles. The van der Waals surface area contributed by atoms with Crippen molar-refractivity contribution in [3.05, 3.63) is 33.1 Å². The molecule has 0 N–H and O–H groups in total. The van der Waals surface area contributed by atoms with E-state index in [1.807, 2.05) is 22.6 Å². The van der Waals surface area contributed by atoms with Crippen molar-refractivity contribution in [2.75, 3.05) is 5.33 Å². The highest BCUT2D eigenvalue weighted by Crippen LogP contribution is 2.16. The Morgan fingerprint density at radius 2 is 2.23 bits per heavy atom. The second kappa shape index (κ2) is 5.05. The molecular formula is C9H7BrFIO. The van der Waals surface area contributed by atoms with E-state index in [1.165, 1.54) is 6.07 Å². The summed E-state index contributed by atoms with van der Waals surface area (Å²) in [4.78, 5) is 11.3. The Morgan fingerprint density at radius 1 is 1.54 bits per heavy atom. The number of carbonyl (C=O) groups excluding carboxylic acids is 1. The van der Waals surface area contributed by atoms with Crippen LogP contribution in [0, 0.1) is 9.39 Å². The van der Waals surface area contributed by atoms with Crippen LogP contribution in [-0.2, 0) is 0 Å². The van der Waals surface area contributed by atoms with E-state index in [1.54, 1.807) is 12.1 Å². The van der Waals surface area contributed by atoms with E-state index in [2.05, 4.69) is 15.9 Å². The van der Waals surface area contributed by atoms with Crippen LogP contribution in [0.1, 0.15) is 16.8 Å². The fraction of sp³-hybridized carbons (Fsp3) is 0.222. The molecule has 1 aromatic rings. The third-order valence-corrected chi connectivity index (χ3v) is 2.80. The first-order valence-electron chi connectivity index (χ1n) is 3.70. The maximum absolute atomic E-state index is 13.3. The predicted molar refractivity (Wildman–Crippen MR) is 61.9 cm³/mol. The van der Waals surface area contributed by atoms with Gasteiger partial charge in [0, 0.05) is 15.3 Å². The van der Waals surface area contributed by atoms with Gasteiger partial charge in [0.2, 0.25) is 0 Å². The topological polar surface area (TPSA) is 17.1 Å². The summed E-state index contributed by atoms with van der Waals surface area (Å²) in [6.07, 6.45) is 0.330. The van der Waals surface area contributed by atoms with Crippen LogP contribution in [0.4, 0.5) is 4.39 Å². The molecule has 0 bridgehead atoms. The molecule has 13 heavy (non-hydrogen) atoms. The van der Waals surface area contributed by atoms with Gasteiger partial charge in [0.15, 0.2) is 5.78 Å². The Balaban J connectivity index is 3.01. The standard InChI is InChI=1S/C9H7BrFIO/c10-5-4-8(13)6-2-1-3-7(12)9(6)11/h1-3H,4-5H2. The van der Waals surface area contributed by atoms with E-state index < -0.39 is 5.82 Å². The average Bonchev–Trinajstić information content (AvgIpc) is 2.10. The molecule has 0 fully saturated rings. The fourth-order valence-electron chi connectivity index (χ4n) is 0.940. The summed E-state index contributed by atoms with van der Waals surface area (Å²) < 4.78 is 13.8. The first kappa shape index (κ1) is 11.1. The molecular weight excluding hydrogens is 350 g/mol. The number of ketones is 1. The van der Waals surface area contributed by atoms with Gasteiger partial charge in [0.05, 0.1) is 5.56 Å². The van der Waals surface area contributed by atoms with E-state index in [9.17, 15) is 9.18 Å². The first-order valence-corrected chi connectivity index (χ1v) is 5.90. The highest BCUT2D eigenvalue weighted by atomic mass is 127. The fourth-order valence-corrected chi connectivity index (χ4v) is 1.80. The van der Waals surface area contributed by atoms with Crippen molar-refractivity contribution in [3.8, 4) is 0 Å². The highest BCUT2D eigenvalue weighted by Gasteiger charge is 2.12. The molecule has 1 rings (SSSR count). The van der Waals surface area contributed by atoms with Gasteiger partial charge in [0.1, 0.15) is 5.82 Å². The molecule has 0 saturated carbocycles. The third kappa shape index (κ3) is 2.74. The van der Waals surface area contributed by atoms with Gasteiger partial charge < -0.3 is 0 Å². The maximum Gasteiger partial charge on any atom is 0.166 e. The van der Waals surface area contributed by atoms with Crippen molar-refractivity contribution in [2.45, 2.75) is 6.42 Å². The molecule has 0 aliphatic rings. The second-order valence-electron chi connectivity index (χ2n) is 2.46. The predicted octanol–water partition coefficient (Wildman–Crippen LogP) is 3.40. The van der Waals surface area contributed by atoms with Gasteiger partial charge in [0.25, 0.3) is 0 Å². The zero-order valence-electron chi connectivity index (χ0n) is 6.69. The lowest BCUT2D eigenvalue weighted by molar-refractivity contribution is 0.0986. The van der Waals surface area contributed by atoms with Crippen LogP contribution in [0.15, 0.2) is 18.2 Å². The van der Waals surface area contributed by atoms with Crippen LogP contribution in [0.25, 0.3) is 0 Å². The molecule has 0 spiro atoms. The minimum Gasteiger partial charge on any atom is -0.294 e. The maximum atomic E-state index is 13.3. The molecule has 70 valence electrons. The Kier molecular flexibility index (Phi) is 4.31. The Hall–Kier alpha value is 0.0300. The minimum absolute atomic E-state index is 0.159. The number of alkyl halides is 1. The van der Waals surface area contributed by atoms with Gasteiger partial charge >= 0.3 is 0 Å². The van der Waals surface area contributed by atoms with Crippen LogP contribution in [0.3, 0.4) is 0 Å². The molecule has 1 nitrogen and oxygen atoms in total. The van der Waals surface area contributed by atoms with E-state index in [0.717, 1.165) is 0 Å². The highest BCUT2D eigenvalue weighted by molar-refractivity contribution is 14.1. The molecule has 0 aliphatic carbocycles. The van der Waals surface area contributed by atoms with E-state index in [4.69, 9.17) is 0 Å². The monoisotopic (exact) mass is 356 g/mol. The summed E-state index contributed by atoms with van der Waals surface area (Å²) in [7, 11) is 0. The summed E-state index contributed by atoms with van der Waals surface area (Å²) >= 11 is 5.02. The molecule has 0 unspecified atom stereocenters. The third-order valence-electron chi connectivity index (χ3n) is 1.57. The second-order valence-corrected chi connectivity index (χ2v) is 4.42. The van der Waals surface area contributed by atoms with Gasteiger partial charge in [-0.15, -0.1) is 0 Å². The zero-order chi connectivity index (χ0) is 9.84. The van der Waals surface area contributed by atoms with Crippen LogP contribution >= 0.6 is 38.5 Å². The summed E-state index contributed by atoms with van der Waals surface area (Å²) in [5.41, 5.74) is 0.186. The van der Waals surface area contributed by atoms with Gasteiger partial charge in [-0.1, -0.05) is 22.0 Å². The number of Topliss-reactive ketones (excluding diaryl/α,β-unsaturated/α-hetero) is 1. The first-order chi connectivity index (χ1) is 6.16. The van der Waals surface area contributed by atoms with E-state index in [0.29, 0.717) is 15.3 Å². The number of rotatable bonds is 3. The smallest absolute Gasteiger partial charge is 0.166 e. The molecule has 0 amide bonds. The van der Waals surface area contributed by atoms with Gasteiger partial charge in [-0.2, -0.15) is 0 Å². The summed E-state index contributed by atoms with van der Waals surface area (Å²) in [6, 6.07) is 4.84. The summed E-state index contributed by atoms with van der Waals surface area (Å²) in [5.74, 6) is -0.568. The SMILES string of the molecule is O=C(CCBr)c1cccc(I)c1F. The minimum atomic E-state index is -0.408. The number of hydrogen-bond acceptors (Lipinski definition) is 1. The van der Waals surface area contributed by atoms with Crippen LogP contribution < -0.4 is 0 Å². The summed E-state index contributed by atoms with van der Waals surface area (Å²) in [5, 5.41) is 0.566. The van der Waals surface area contributed by atoms with Crippen molar-refractivity contribution in [1.82, 2.24) is 0 Å². The van der Waals surface area contributed by atoms with Crippen molar-refractivity contribution in [3.63, 3.8) is 0 Å². The molecule has 1 aromatic carbocycles. The van der Waals surface area contributed by atoms with E-state index >= 15 is 0 Å². The Labute approximate surface area is 98.0 Å².